The molecule has 7 nitrogen and oxygen atoms in total. The van der Waals surface area contributed by atoms with Crippen molar-refractivity contribution in [3.63, 3.8) is 0 Å². The normalized spacial score (nSPS) is 10.9. The third-order valence-corrected chi connectivity index (χ3v) is 5.30. The van der Waals surface area contributed by atoms with Crippen molar-refractivity contribution >= 4 is 17.5 Å². The van der Waals surface area contributed by atoms with Crippen molar-refractivity contribution in [1.82, 2.24) is 9.78 Å². The number of para-hydroxylation sites is 1. The van der Waals surface area contributed by atoms with Gasteiger partial charge in [0.15, 0.2) is 11.5 Å². The zero-order valence-corrected chi connectivity index (χ0v) is 19.5. The number of nitriles is 2. The molecule has 0 aliphatic carbocycles. The van der Waals surface area contributed by atoms with Crippen molar-refractivity contribution in [1.29, 1.82) is 10.5 Å². The van der Waals surface area contributed by atoms with Crippen LogP contribution in [0, 0.1) is 28.5 Å². The van der Waals surface area contributed by atoms with Crippen molar-refractivity contribution in [2.45, 2.75) is 13.5 Å². The summed E-state index contributed by atoms with van der Waals surface area (Å²) in [4.78, 5) is 0. The van der Waals surface area contributed by atoms with Gasteiger partial charge in [-0.25, -0.2) is 9.07 Å². The van der Waals surface area contributed by atoms with Gasteiger partial charge in [-0.1, -0.05) is 36.4 Å². The highest BCUT2D eigenvalue weighted by molar-refractivity contribution is 5.91. The number of benzene rings is 3. The second-order valence-electron chi connectivity index (χ2n) is 7.69. The van der Waals surface area contributed by atoms with E-state index in [9.17, 15) is 14.9 Å². The number of halogens is 1. The van der Waals surface area contributed by atoms with Gasteiger partial charge < -0.3 is 15.2 Å². The summed E-state index contributed by atoms with van der Waals surface area (Å²) in [5.41, 5.74) is 8.82. The Morgan fingerprint density at radius 3 is 2.44 bits per heavy atom. The number of rotatable bonds is 8. The number of allylic oxidation sites excluding steroid dienone is 1. The van der Waals surface area contributed by atoms with Gasteiger partial charge in [0, 0.05) is 0 Å². The van der Waals surface area contributed by atoms with E-state index in [2.05, 4.69) is 17.2 Å². The van der Waals surface area contributed by atoms with E-state index in [0.29, 0.717) is 29.4 Å². The molecule has 0 fully saturated rings. The number of nitrogens with two attached hydrogens (primary N) is 1. The van der Waals surface area contributed by atoms with Crippen LogP contribution in [0.25, 0.3) is 17.3 Å². The van der Waals surface area contributed by atoms with Crippen LogP contribution in [-0.2, 0) is 6.61 Å². The molecule has 36 heavy (non-hydrogen) atoms. The van der Waals surface area contributed by atoms with Gasteiger partial charge in [-0.2, -0.15) is 15.6 Å². The number of nitrogens with zero attached hydrogens (tertiary/aromatic N) is 4. The molecule has 4 aromatic rings. The summed E-state index contributed by atoms with van der Waals surface area (Å²) in [5.74, 6) is 0.833. The standard InChI is InChI=1S/C28H22FN5O2/c1-2-35-26-15-20(10-13-25(26)36-18-19-8-11-22(29)12-9-19)14-21(16-30)27-24(17-31)28(32)34(33-27)23-6-4-3-5-7-23/h3-15H,2,18,32H2,1H3/b21-14+. The Morgan fingerprint density at radius 2 is 1.78 bits per heavy atom. The van der Waals surface area contributed by atoms with E-state index >= 15 is 0 Å². The summed E-state index contributed by atoms with van der Waals surface area (Å²) in [6, 6.07) is 24.6. The average molecular weight is 480 g/mol. The molecule has 3 aromatic carbocycles. The van der Waals surface area contributed by atoms with Gasteiger partial charge in [-0.3, -0.25) is 0 Å². The molecule has 0 radical (unpaired) electrons. The number of ether oxygens (including phenoxy) is 2. The second kappa shape index (κ2) is 10.9. The average Bonchev–Trinajstić information content (AvgIpc) is 3.24. The molecule has 0 unspecified atom stereocenters. The molecule has 0 aliphatic rings. The molecule has 178 valence electrons. The van der Waals surface area contributed by atoms with Crippen LogP contribution in [-0.4, -0.2) is 16.4 Å². The SMILES string of the molecule is CCOc1cc(/C=C(\C#N)c2nn(-c3ccccc3)c(N)c2C#N)ccc1OCc1ccc(F)cc1. The minimum Gasteiger partial charge on any atom is -0.490 e. The number of hydrogen-bond donors (Lipinski definition) is 1. The van der Waals surface area contributed by atoms with E-state index in [1.165, 1.54) is 16.8 Å². The van der Waals surface area contributed by atoms with Gasteiger partial charge in [0.2, 0.25) is 0 Å². The van der Waals surface area contributed by atoms with E-state index in [0.717, 1.165) is 5.56 Å². The Bertz CT molecular complexity index is 1480. The fourth-order valence-electron chi connectivity index (χ4n) is 3.56. The second-order valence-corrected chi connectivity index (χ2v) is 7.69. The lowest BCUT2D eigenvalue weighted by atomic mass is 10.1. The van der Waals surface area contributed by atoms with Crippen LogP contribution in [0.1, 0.15) is 29.3 Å². The zero-order valence-electron chi connectivity index (χ0n) is 19.5. The quantitative estimate of drug-likeness (QED) is 0.334. The largest absolute Gasteiger partial charge is 0.490 e. The maximum Gasteiger partial charge on any atom is 0.161 e. The van der Waals surface area contributed by atoms with E-state index in [4.69, 9.17) is 15.2 Å². The summed E-state index contributed by atoms with van der Waals surface area (Å²) in [6.45, 7) is 2.49. The van der Waals surface area contributed by atoms with E-state index in [1.807, 2.05) is 37.3 Å². The van der Waals surface area contributed by atoms with Crippen LogP contribution < -0.4 is 15.2 Å². The van der Waals surface area contributed by atoms with Crippen LogP contribution in [0.2, 0.25) is 0 Å². The first-order chi connectivity index (χ1) is 17.5. The Balaban J connectivity index is 1.66. The lowest BCUT2D eigenvalue weighted by Crippen LogP contribution is -2.02. The van der Waals surface area contributed by atoms with Crippen LogP contribution in [0.4, 0.5) is 10.2 Å². The fraction of sp³-hybridized carbons (Fsp3) is 0.107. The summed E-state index contributed by atoms with van der Waals surface area (Å²) in [5, 5.41) is 24.1. The number of anilines is 1. The molecule has 0 saturated carbocycles. The monoisotopic (exact) mass is 479 g/mol. The van der Waals surface area contributed by atoms with Gasteiger partial charge in [-0.15, -0.1) is 0 Å². The molecule has 4 rings (SSSR count). The van der Waals surface area contributed by atoms with Gasteiger partial charge in [0.05, 0.1) is 17.9 Å². The maximum atomic E-state index is 13.2. The highest BCUT2D eigenvalue weighted by atomic mass is 19.1. The van der Waals surface area contributed by atoms with Gasteiger partial charge in [-0.05, 0) is 60.5 Å². The molecule has 0 saturated heterocycles. The first-order valence-corrected chi connectivity index (χ1v) is 11.1. The molecule has 0 spiro atoms. The molecule has 8 heteroatoms. The lowest BCUT2D eigenvalue weighted by molar-refractivity contribution is 0.269. The van der Waals surface area contributed by atoms with Crippen molar-refractivity contribution in [3.05, 3.63) is 101 Å². The minimum atomic E-state index is -0.312. The topological polar surface area (TPSA) is 110 Å². The Labute approximate surface area is 208 Å². The number of aromatic nitrogens is 2. The molecular formula is C28H22FN5O2. The van der Waals surface area contributed by atoms with Crippen LogP contribution in [0.3, 0.4) is 0 Å². The third kappa shape index (κ3) is 5.19. The maximum absolute atomic E-state index is 13.2. The molecule has 0 aliphatic heterocycles. The van der Waals surface area contributed by atoms with Crippen LogP contribution in [0.5, 0.6) is 11.5 Å². The summed E-state index contributed by atoms with van der Waals surface area (Å²) >= 11 is 0. The predicted molar refractivity (Wildman–Crippen MR) is 135 cm³/mol. The minimum absolute atomic E-state index is 0.121. The predicted octanol–water partition coefficient (Wildman–Crippen LogP) is 5.51. The van der Waals surface area contributed by atoms with E-state index in [-0.39, 0.29) is 35.1 Å². The smallest absolute Gasteiger partial charge is 0.161 e. The Morgan fingerprint density at radius 1 is 1.03 bits per heavy atom. The first kappa shape index (κ1) is 24.1. The Kier molecular flexibility index (Phi) is 7.28. The van der Waals surface area contributed by atoms with Crippen molar-refractivity contribution in [2.24, 2.45) is 0 Å². The summed E-state index contributed by atoms with van der Waals surface area (Å²) < 4.78 is 26.2. The molecule has 0 bridgehead atoms. The van der Waals surface area contributed by atoms with Crippen LogP contribution >= 0.6 is 0 Å². The fourth-order valence-corrected chi connectivity index (χ4v) is 3.56. The molecule has 0 amide bonds. The molecule has 2 N–H and O–H groups in total. The van der Waals surface area contributed by atoms with E-state index in [1.54, 1.807) is 36.4 Å². The van der Waals surface area contributed by atoms with Crippen molar-refractivity contribution in [3.8, 4) is 29.3 Å². The van der Waals surface area contributed by atoms with Crippen LogP contribution in [0.15, 0.2) is 72.8 Å². The Hall–Kier alpha value is -5.08. The lowest BCUT2D eigenvalue weighted by Gasteiger charge is -2.13. The van der Waals surface area contributed by atoms with Gasteiger partial charge >= 0.3 is 0 Å². The molecule has 0 atom stereocenters. The third-order valence-electron chi connectivity index (χ3n) is 5.30. The number of hydrogen-bond acceptors (Lipinski definition) is 6. The number of nitrogen functional groups attached to an aromatic ring is 1. The van der Waals surface area contributed by atoms with Crippen molar-refractivity contribution in [2.75, 3.05) is 12.3 Å². The van der Waals surface area contributed by atoms with Gasteiger partial charge in [0.25, 0.3) is 0 Å². The first-order valence-electron chi connectivity index (χ1n) is 11.1. The van der Waals surface area contributed by atoms with E-state index < -0.39 is 0 Å². The van der Waals surface area contributed by atoms with Crippen molar-refractivity contribution < 1.29 is 13.9 Å². The van der Waals surface area contributed by atoms with Gasteiger partial charge in [0.1, 0.15) is 41.6 Å². The summed E-state index contributed by atoms with van der Waals surface area (Å²) in [6.07, 6.45) is 1.62. The molecular weight excluding hydrogens is 457 g/mol. The highest BCUT2D eigenvalue weighted by Gasteiger charge is 2.20. The summed E-state index contributed by atoms with van der Waals surface area (Å²) in [7, 11) is 0. The molecule has 1 aromatic heterocycles. The highest BCUT2D eigenvalue weighted by Crippen LogP contribution is 2.32. The zero-order chi connectivity index (χ0) is 25.5. The molecule has 1 heterocycles.